The zero-order chi connectivity index (χ0) is 13.2. The second kappa shape index (κ2) is 4.78. The van der Waals surface area contributed by atoms with Gasteiger partial charge in [0.05, 0.1) is 13.2 Å². The minimum Gasteiger partial charge on any atom is -0.508 e. The Kier molecular flexibility index (Phi) is 3.34. The second-order valence-corrected chi connectivity index (χ2v) is 4.46. The molecule has 1 fully saturated rings. The van der Waals surface area contributed by atoms with Crippen molar-refractivity contribution in [1.29, 1.82) is 0 Å². The number of phenols is 1. The van der Waals surface area contributed by atoms with Crippen molar-refractivity contribution in [3.8, 4) is 5.75 Å². The average Bonchev–Trinajstić information content (AvgIpc) is 2.35. The Labute approximate surface area is 104 Å². The molecule has 5 heteroatoms. The number of carbonyl (C=O) groups excluding carboxylic acids is 1. The molecule has 0 radical (unpaired) electrons. The molecule has 1 aliphatic rings. The normalized spacial score (nSPS) is 23.9. The van der Waals surface area contributed by atoms with Gasteiger partial charge in [-0.05, 0) is 24.1 Å². The molecule has 0 spiro atoms. The van der Waals surface area contributed by atoms with Crippen molar-refractivity contribution in [1.82, 2.24) is 0 Å². The lowest BCUT2D eigenvalue weighted by atomic mass is 9.76. The lowest BCUT2D eigenvalue weighted by Gasteiger charge is -2.31. The number of aliphatic carboxylic acids is 1. The van der Waals surface area contributed by atoms with Gasteiger partial charge in [-0.25, -0.2) is 0 Å². The molecule has 1 saturated heterocycles. The van der Waals surface area contributed by atoms with Crippen LogP contribution in [0.25, 0.3) is 0 Å². The molecular weight excluding hydrogens is 236 g/mol. The number of ketones is 1. The van der Waals surface area contributed by atoms with Crippen molar-refractivity contribution in [2.24, 2.45) is 5.41 Å². The summed E-state index contributed by atoms with van der Waals surface area (Å²) in [6.07, 6.45) is 0.214. The van der Waals surface area contributed by atoms with Gasteiger partial charge in [-0.1, -0.05) is 12.1 Å². The van der Waals surface area contributed by atoms with Crippen LogP contribution in [0.2, 0.25) is 0 Å². The number of aromatic hydroxyl groups is 1. The number of rotatable bonds is 3. The minimum absolute atomic E-state index is 0.0848. The quantitative estimate of drug-likeness (QED) is 0.782. The molecule has 0 amide bonds. The molecule has 18 heavy (non-hydrogen) atoms. The van der Waals surface area contributed by atoms with Crippen LogP contribution in [0.3, 0.4) is 0 Å². The third-order valence-electron chi connectivity index (χ3n) is 3.21. The van der Waals surface area contributed by atoms with Crippen LogP contribution in [0.5, 0.6) is 5.75 Å². The van der Waals surface area contributed by atoms with Gasteiger partial charge in [-0.15, -0.1) is 0 Å². The predicted octanol–water partition coefficient (Wildman–Crippen LogP) is 0.995. The zero-order valence-electron chi connectivity index (χ0n) is 9.76. The second-order valence-electron chi connectivity index (χ2n) is 4.46. The Hall–Kier alpha value is -1.88. The van der Waals surface area contributed by atoms with E-state index < -0.39 is 11.4 Å². The SMILES string of the molecule is O=C(O)C1(Cc2ccc(O)cc2)COCCC1=O. The summed E-state index contributed by atoms with van der Waals surface area (Å²) in [5.74, 6) is -1.34. The number of carboxylic acid groups (broad SMARTS) is 1. The van der Waals surface area contributed by atoms with Gasteiger partial charge in [-0.3, -0.25) is 9.59 Å². The van der Waals surface area contributed by atoms with Crippen molar-refractivity contribution in [2.45, 2.75) is 12.8 Å². The summed E-state index contributed by atoms with van der Waals surface area (Å²) in [4.78, 5) is 23.3. The van der Waals surface area contributed by atoms with Crippen LogP contribution in [0.1, 0.15) is 12.0 Å². The largest absolute Gasteiger partial charge is 0.508 e. The first-order valence-corrected chi connectivity index (χ1v) is 5.67. The molecule has 1 unspecified atom stereocenters. The van der Waals surface area contributed by atoms with Crippen LogP contribution in [0, 0.1) is 5.41 Å². The van der Waals surface area contributed by atoms with Gasteiger partial charge in [0, 0.05) is 6.42 Å². The Bertz CT molecular complexity index is 465. The third kappa shape index (κ3) is 2.22. The highest BCUT2D eigenvalue weighted by molar-refractivity contribution is 6.04. The third-order valence-corrected chi connectivity index (χ3v) is 3.21. The molecule has 0 saturated carbocycles. The maximum atomic E-state index is 11.9. The number of phenolic OH excluding ortho intramolecular Hbond substituents is 1. The number of carboxylic acids is 1. The fraction of sp³-hybridized carbons (Fsp3) is 0.385. The van der Waals surface area contributed by atoms with Crippen LogP contribution >= 0.6 is 0 Å². The number of carbonyl (C=O) groups is 2. The summed E-state index contributed by atoms with van der Waals surface area (Å²) in [5, 5.41) is 18.5. The van der Waals surface area contributed by atoms with Gasteiger partial charge in [0.2, 0.25) is 0 Å². The Morgan fingerprint density at radius 2 is 2.00 bits per heavy atom. The summed E-state index contributed by atoms with van der Waals surface area (Å²) in [6, 6.07) is 6.17. The van der Waals surface area contributed by atoms with E-state index in [9.17, 15) is 19.8 Å². The summed E-state index contributed by atoms with van der Waals surface area (Å²) in [6.45, 7) is 0.186. The summed E-state index contributed by atoms with van der Waals surface area (Å²) < 4.78 is 5.16. The van der Waals surface area contributed by atoms with Crippen molar-refractivity contribution >= 4 is 11.8 Å². The fourth-order valence-corrected chi connectivity index (χ4v) is 2.10. The van der Waals surface area contributed by atoms with Crippen LogP contribution in [0.15, 0.2) is 24.3 Å². The van der Waals surface area contributed by atoms with Gasteiger partial charge < -0.3 is 14.9 Å². The molecule has 0 aliphatic carbocycles. The standard InChI is InChI=1S/C13H14O5/c14-10-3-1-9(2-4-10)7-13(12(16)17)8-18-6-5-11(13)15/h1-4,14H,5-8H2,(H,16,17). The first-order chi connectivity index (χ1) is 8.54. The molecule has 0 bridgehead atoms. The number of benzene rings is 1. The number of Topliss-reactive ketones (excluding diaryl/α,β-unsaturated/α-hetero) is 1. The van der Waals surface area contributed by atoms with Crippen molar-refractivity contribution in [3.63, 3.8) is 0 Å². The maximum absolute atomic E-state index is 11.9. The van der Waals surface area contributed by atoms with E-state index in [0.29, 0.717) is 5.56 Å². The number of hydrogen-bond acceptors (Lipinski definition) is 4. The molecule has 1 heterocycles. The summed E-state index contributed by atoms with van der Waals surface area (Å²) in [5.41, 5.74) is -0.802. The van der Waals surface area contributed by atoms with Crippen molar-refractivity contribution < 1.29 is 24.5 Å². The molecule has 1 atom stereocenters. The van der Waals surface area contributed by atoms with E-state index in [-0.39, 0.29) is 37.6 Å². The Morgan fingerprint density at radius 3 is 2.56 bits per heavy atom. The summed E-state index contributed by atoms with van der Waals surface area (Å²) in [7, 11) is 0. The first kappa shape index (κ1) is 12.6. The highest BCUT2D eigenvalue weighted by Crippen LogP contribution is 2.30. The van der Waals surface area contributed by atoms with Gasteiger partial charge in [0.1, 0.15) is 5.75 Å². The van der Waals surface area contributed by atoms with Crippen LogP contribution in [-0.2, 0) is 20.7 Å². The molecule has 2 rings (SSSR count). The molecule has 1 aliphatic heterocycles. The molecule has 2 N–H and O–H groups in total. The highest BCUT2D eigenvalue weighted by Gasteiger charge is 2.47. The Morgan fingerprint density at radius 1 is 1.33 bits per heavy atom. The number of ether oxygens (including phenoxy) is 1. The highest BCUT2D eigenvalue weighted by atomic mass is 16.5. The summed E-state index contributed by atoms with van der Waals surface area (Å²) >= 11 is 0. The molecule has 5 nitrogen and oxygen atoms in total. The van der Waals surface area contributed by atoms with Crippen LogP contribution in [0.4, 0.5) is 0 Å². The first-order valence-electron chi connectivity index (χ1n) is 5.67. The van der Waals surface area contributed by atoms with Crippen LogP contribution < -0.4 is 0 Å². The van der Waals surface area contributed by atoms with E-state index in [1.807, 2.05) is 0 Å². The predicted molar refractivity (Wildman–Crippen MR) is 62.3 cm³/mol. The molecule has 1 aromatic rings. The van der Waals surface area contributed by atoms with Crippen molar-refractivity contribution in [3.05, 3.63) is 29.8 Å². The fourth-order valence-electron chi connectivity index (χ4n) is 2.10. The minimum atomic E-state index is -1.49. The van der Waals surface area contributed by atoms with Crippen LogP contribution in [-0.4, -0.2) is 35.2 Å². The lowest BCUT2D eigenvalue weighted by molar-refractivity contribution is -0.164. The maximum Gasteiger partial charge on any atom is 0.319 e. The van der Waals surface area contributed by atoms with E-state index >= 15 is 0 Å². The number of hydrogen-bond donors (Lipinski definition) is 2. The molecular formula is C13H14O5. The average molecular weight is 250 g/mol. The smallest absolute Gasteiger partial charge is 0.319 e. The Balaban J connectivity index is 2.28. The molecule has 0 aromatic heterocycles. The van der Waals surface area contributed by atoms with Gasteiger partial charge >= 0.3 is 5.97 Å². The van der Waals surface area contributed by atoms with E-state index in [4.69, 9.17) is 4.74 Å². The van der Waals surface area contributed by atoms with E-state index in [1.165, 1.54) is 12.1 Å². The van der Waals surface area contributed by atoms with Crippen molar-refractivity contribution in [2.75, 3.05) is 13.2 Å². The van der Waals surface area contributed by atoms with E-state index in [1.54, 1.807) is 12.1 Å². The van der Waals surface area contributed by atoms with E-state index in [2.05, 4.69) is 0 Å². The van der Waals surface area contributed by atoms with Gasteiger partial charge in [0.25, 0.3) is 0 Å². The van der Waals surface area contributed by atoms with Gasteiger partial charge in [-0.2, -0.15) is 0 Å². The topological polar surface area (TPSA) is 83.8 Å². The lowest BCUT2D eigenvalue weighted by Crippen LogP contribution is -2.48. The van der Waals surface area contributed by atoms with E-state index in [0.717, 1.165) is 0 Å². The van der Waals surface area contributed by atoms with Gasteiger partial charge in [0.15, 0.2) is 11.2 Å². The monoisotopic (exact) mass is 250 g/mol. The molecule has 1 aromatic carbocycles. The zero-order valence-corrected chi connectivity index (χ0v) is 9.76. The molecule has 96 valence electrons.